The van der Waals surface area contributed by atoms with Crippen molar-refractivity contribution in [2.24, 2.45) is 5.92 Å². The predicted molar refractivity (Wildman–Crippen MR) is 103 cm³/mol. The smallest absolute Gasteiger partial charge is 0.251 e. The van der Waals surface area contributed by atoms with Gasteiger partial charge >= 0.3 is 0 Å². The maximum absolute atomic E-state index is 12.4. The Hall–Kier alpha value is -0.660. The standard InChI is InChI=1S/C15H26F2N4S.C3H8/c1-15(2,3)22-19-6-13-9-21(11-18-13)8-12-4-5-20(7-12)10-14(16)17;1-3-2/h9,11-12,14,19H,4-8,10H2,1-3H3;3H2,1-2H3. The van der Waals surface area contributed by atoms with Crippen molar-refractivity contribution in [3.63, 3.8) is 0 Å². The zero-order valence-electron chi connectivity index (χ0n) is 16.3. The summed E-state index contributed by atoms with van der Waals surface area (Å²) in [7, 11) is 0. The van der Waals surface area contributed by atoms with Crippen LogP contribution in [0.4, 0.5) is 8.78 Å². The quantitative estimate of drug-likeness (QED) is 0.714. The fourth-order valence-electron chi connectivity index (χ4n) is 2.65. The van der Waals surface area contributed by atoms with Gasteiger partial charge in [0, 0.05) is 30.6 Å². The van der Waals surface area contributed by atoms with E-state index in [9.17, 15) is 8.78 Å². The third-order valence-corrected chi connectivity index (χ3v) is 4.45. The van der Waals surface area contributed by atoms with Gasteiger partial charge < -0.3 is 4.57 Å². The number of nitrogens with one attached hydrogen (secondary N) is 1. The normalized spacial score (nSPS) is 18.5. The van der Waals surface area contributed by atoms with Crippen LogP contribution < -0.4 is 4.72 Å². The molecule has 1 atom stereocenters. The number of hydrogen-bond acceptors (Lipinski definition) is 4. The number of imidazole rings is 1. The maximum Gasteiger partial charge on any atom is 0.251 e. The SMILES string of the molecule is CC(C)(C)SNCc1cn(CC2CCN(CC(F)F)C2)cn1.CCC. The molecule has 0 aromatic carbocycles. The molecule has 2 heterocycles. The molecule has 1 aliphatic rings. The Morgan fingerprint density at radius 3 is 2.64 bits per heavy atom. The molecule has 2 rings (SSSR count). The lowest BCUT2D eigenvalue weighted by atomic mass is 10.1. The van der Waals surface area contributed by atoms with Crippen molar-refractivity contribution >= 4 is 11.9 Å². The number of nitrogens with zero attached hydrogens (tertiary/aromatic N) is 3. The fraction of sp³-hybridized carbons (Fsp3) is 0.833. The minimum absolute atomic E-state index is 0.0976. The summed E-state index contributed by atoms with van der Waals surface area (Å²) in [5.74, 6) is 0.442. The molecular formula is C18H34F2N4S. The lowest BCUT2D eigenvalue weighted by Gasteiger charge is -2.17. The number of alkyl halides is 2. The molecule has 146 valence electrons. The van der Waals surface area contributed by atoms with E-state index in [2.05, 4.69) is 48.9 Å². The van der Waals surface area contributed by atoms with Crippen molar-refractivity contribution < 1.29 is 8.78 Å². The Kier molecular flexibility index (Phi) is 9.97. The molecule has 0 radical (unpaired) electrons. The molecule has 0 amide bonds. The van der Waals surface area contributed by atoms with Gasteiger partial charge in [-0.1, -0.05) is 32.2 Å². The average molecular weight is 377 g/mol. The van der Waals surface area contributed by atoms with E-state index in [1.54, 1.807) is 11.9 Å². The second kappa shape index (κ2) is 11.1. The largest absolute Gasteiger partial charge is 0.337 e. The van der Waals surface area contributed by atoms with Crippen LogP contribution in [-0.4, -0.2) is 45.3 Å². The van der Waals surface area contributed by atoms with Gasteiger partial charge in [0.25, 0.3) is 6.43 Å². The first-order valence-electron chi connectivity index (χ1n) is 9.15. The Bertz CT molecular complexity index is 474. The second-order valence-electron chi connectivity index (χ2n) is 7.61. The second-order valence-corrected chi connectivity index (χ2v) is 9.33. The first-order valence-corrected chi connectivity index (χ1v) is 9.97. The van der Waals surface area contributed by atoms with Crippen LogP contribution in [0, 0.1) is 5.92 Å². The van der Waals surface area contributed by atoms with Crippen molar-refractivity contribution in [3.05, 3.63) is 18.2 Å². The van der Waals surface area contributed by atoms with Crippen LogP contribution in [0.3, 0.4) is 0 Å². The Labute approximate surface area is 155 Å². The average Bonchev–Trinajstić information content (AvgIpc) is 3.08. The van der Waals surface area contributed by atoms with Gasteiger partial charge in [-0.15, -0.1) is 0 Å². The van der Waals surface area contributed by atoms with Crippen molar-refractivity contribution in [1.29, 1.82) is 0 Å². The lowest BCUT2D eigenvalue weighted by molar-refractivity contribution is 0.0975. The molecule has 1 aromatic heterocycles. The number of likely N-dealkylation sites (tertiary alicyclic amines) is 1. The van der Waals surface area contributed by atoms with Crippen molar-refractivity contribution in [2.75, 3.05) is 19.6 Å². The monoisotopic (exact) mass is 376 g/mol. The van der Waals surface area contributed by atoms with E-state index in [0.29, 0.717) is 5.92 Å². The zero-order valence-corrected chi connectivity index (χ0v) is 17.1. The molecule has 1 N–H and O–H groups in total. The molecule has 0 saturated carbocycles. The molecule has 1 aromatic rings. The molecule has 7 heteroatoms. The van der Waals surface area contributed by atoms with E-state index in [1.165, 1.54) is 6.42 Å². The van der Waals surface area contributed by atoms with Gasteiger partial charge in [-0.25, -0.2) is 13.8 Å². The van der Waals surface area contributed by atoms with E-state index in [0.717, 1.165) is 38.3 Å². The first-order chi connectivity index (χ1) is 11.7. The Morgan fingerprint density at radius 1 is 1.36 bits per heavy atom. The third kappa shape index (κ3) is 10.2. The minimum Gasteiger partial charge on any atom is -0.337 e. The van der Waals surface area contributed by atoms with Crippen LogP contribution in [0.15, 0.2) is 12.5 Å². The van der Waals surface area contributed by atoms with Crippen LogP contribution in [0.2, 0.25) is 0 Å². The Morgan fingerprint density at radius 2 is 2.04 bits per heavy atom. The van der Waals surface area contributed by atoms with Gasteiger partial charge in [0.2, 0.25) is 0 Å². The fourth-order valence-corrected chi connectivity index (χ4v) is 3.30. The van der Waals surface area contributed by atoms with Gasteiger partial charge in [-0.2, -0.15) is 0 Å². The van der Waals surface area contributed by atoms with E-state index in [4.69, 9.17) is 0 Å². The number of hydrogen-bond donors (Lipinski definition) is 1. The lowest BCUT2D eigenvalue weighted by Crippen LogP contribution is -2.27. The zero-order chi connectivity index (χ0) is 18.9. The summed E-state index contributed by atoms with van der Waals surface area (Å²) in [5.41, 5.74) is 1.01. The predicted octanol–water partition coefficient (Wildman–Crippen LogP) is 4.42. The molecular weight excluding hydrogens is 342 g/mol. The van der Waals surface area contributed by atoms with Crippen LogP contribution >= 0.6 is 11.9 Å². The first kappa shape index (κ1) is 22.4. The third-order valence-electron chi connectivity index (χ3n) is 3.55. The van der Waals surface area contributed by atoms with Crippen LogP contribution in [0.25, 0.3) is 0 Å². The molecule has 1 aliphatic heterocycles. The minimum atomic E-state index is -2.23. The molecule has 0 bridgehead atoms. The van der Waals surface area contributed by atoms with Crippen molar-refractivity contribution in [1.82, 2.24) is 19.2 Å². The highest BCUT2D eigenvalue weighted by Gasteiger charge is 2.24. The van der Waals surface area contributed by atoms with Crippen LogP contribution in [0.1, 0.15) is 53.2 Å². The highest BCUT2D eigenvalue weighted by Crippen LogP contribution is 2.21. The number of aromatic nitrogens is 2. The molecule has 0 aliphatic carbocycles. The molecule has 1 fully saturated rings. The van der Waals surface area contributed by atoms with E-state index in [1.807, 2.05) is 17.4 Å². The van der Waals surface area contributed by atoms with Gasteiger partial charge in [-0.05, 0) is 39.7 Å². The van der Waals surface area contributed by atoms with Crippen LogP contribution in [-0.2, 0) is 13.1 Å². The summed E-state index contributed by atoms with van der Waals surface area (Å²) in [5, 5.41) is 0. The van der Waals surface area contributed by atoms with Gasteiger partial charge in [0.15, 0.2) is 0 Å². The maximum atomic E-state index is 12.4. The van der Waals surface area contributed by atoms with E-state index < -0.39 is 6.43 Å². The van der Waals surface area contributed by atoms with Gasteiger partial charge in [0.1, 0.15) is 0 Å². The van der Waals surface area contributed by atoms with Gasteiger partial charge in [-0.3, -0.25) is 9.62 Å². The highest BCUT2D eigenvalue weighted by molar-refractivity contribution is 7.98. The van der Waals surface area contributed by atoms with Crippen LogP contribution in [0.5, 0.6) is 0 Å². The van der Waals surface area contributed by atoms with Gasteiger partial charge in [0.05, 0.1) is 18.6 Å². The highest BCUT2D eigenvalue weighted by atomic mass is 32.2. The van der Waals surface area contributed by atoms with Crippen molar-refractivity contribution in [3.8, 4) is 0 Å². The molecule has 0 spiro atoms. The molecule has 1 saturated heterocycles. The molecule has 1 unspecified atom stereocenters. The molecule has 25 heavy (non-hydrogen) atoms. The van der Waals surface area contributed by atoms with E-state index in [-0.39, 0.29) is 11.3 Å². The van der Waals surface area contributed by atoms with Crippen molar-refractivity contribution in [2.45, 2.75) is 71.7 Å². The number of rotatable bonds is 7. The van der Waals surface area contributed by atoms with E-state index >= 15 is 0 Å². The summed E-state index contributed by atoms with van der Waals surface area (Å²) in [6.07, 6.45) is 3.89. The summed E-state index contributed by atoms with van der Waals surface area (Å²) in [6.45, 7) is 13.8. The molecule has 4 nitrogen and oxygen atoms in total. The summed E-state index contributed by atoms with van der Waals surface area (Å²) in [6, 6.07) is 0. The number of halogens is 2. The summed E-state index contributed by atoms with van der Waals surface area (Å²) < 4.78 is 30.3. The topological polar surface area (TPSA) is 33.1 Å². The Balaban J connectivity index is 0.000000970. The summed E-state index contributed by atoms with van der Waals surface area (Å²) in [4.78, 5) is 6.25. The summed E-state index contributed by atoms with van der Waals surface area (Å²) >= 11 is 1.70.